The largest absolute Gasteiger partial charge is 0.497 e. The van der Waals surface area contributed by atoms with E-state index in [2.05, 4.69) is 12.1 Å². The number of primary amides is 1. The van der Waals surface area contributed by atoms with E-state index < -0.39 is 5.91 Å². The van der Waals surface area contributed by atoms with Gasteiger partial charge >= 0.3 is 0 Å². The monoisotopic (exact) mass is 443 g/mol. The summed E-state index contributed by atoms with van der Waals surface area (Å²) in [6, 6.07) is 11.7. The van der Waals surface area contributed by atoms with Gasteiger partial charge < -0.3 is 10.5 Å². The molecule has 170 valence electrons. The van der Waals surface area contributed by atoms with E-state index in [1.54, 1.807) is 13.2 Å². The fourth-order valence-electron chi connectivity index (χ4n) is 5.28. The average Bonchev–Trinajstić information content (AvgIpc) is 3.58. The number of methoxy groups -OCH3 is 1. The number of pyridine rings is 1. The Morgan fingerprint density at radius 2 is 1.88 bits per heavy atom. The highest BCUT2D eigenvalue weighted by atomic mass is 16.5. The normalized spacial score (nSPS) is 19.2. The third-order valence-corrected chi connectivity index (χ3v) is 7.48. The van der Waals surface area contributed by atoms with Crippen LogP contribution >= 0.6 is 0 Å². The number of likely N-dealkylation sites (N-methyl/N-ethyl adjacent to an activating group) is 1. The third-order valence-electron chi connectivity index (χ3n) is 7.48. The number of Topliss-reactive ketones (excluding diaryl/α,β-unsaturated/α-hetero) is 1. The van der Waals surface area contributed by atoms with Crippen molar-refractivity contribution in [3.05, 3.63) is 69.9 Å². The average molecular weight is 444 g/mol. The molecule has 2 fully saturated rings. The van der Waals surface area contributed by atoms with E-state index >= 15 is 0 Å². The lowest BCUT2D eigenvalue weighted by Gasteiger charge is -2.36. The minimum Gasteiger partial charge on any atom is -0.497 e. The molecule has 0 bridgehead atoms. The van der Waals surface area contributed by atoms with E-state index in [1.165, 1.54) is 0 Å². The molecule has 3 aromatic rings. The second-order valence-corrected chi connectivity index (χ2v) is 9.49. The molecule has 1 saturated heterocycles. The number of carbonyl (C=O) groups is 2. The zero-order valence-electron chi connectivity index (χ0n) is 19.6. The Kier molecular flexibility index (Phi) is 5.01. The number of ether oxygens (including phenoxy) is 1. The van der Waals surface area contributed by atoms with Gasteiger partial charge in [-0.25, -0.2) is 0 Å². The van der Waals surface area contributed by atoms with E-state index in [1.807, 2.05) is 44.0 Å². The zero-order chi connectivity index (χ0) is 23.5. The van der Waals surface area contributed by atoms with Crippen LogP contribution in [-0.2, 0) is 5.41 Å². The predicted octanol–water partition coefficient (Wildman–Crippen LogP) is 3.93. The molecule has 1 aliphatic heterocycles. The SMILES string of the molecule is COc1cc(C2(c3cc(C(=O)C4CCN4C)cc(C(N)=O)c3C)CC2)c2ccc(C)nc2c1. The Balaban J connectivity index is 1.72. The summed E-state index contributed by atoms with van der Waals surface area (Å²) in [6.07, 6.45) is 2.67. The molecule has 6 nitrogen and oxygen atoms in total. The van der Waals surface area contributed by atoms with E-state index in [9.17, 15) is 9.59 Å². The maximum absolute atomic E-state index is 13.3. The fraction of sp³-hybridized carbons (Fsp3) is 0.370. The van der Waals surface area contributed by atoms with Gasteiger partial charge in [-0.3, -0.25) is 19.5 Å². The second kappa shape index (κ2) is 7.66. The number of aromatic nitrogens is 1. The van der Waals surface area contributed by atoms with Crippen molar-refractivity contribution in [3.8, 4) is 5.75 Å². The Morgan fingerprint density at radius 1 is 1.12 bits per heavy atom. The number of nitrogens with zero attached hydrogens (tertiary/aromatic N) is 2. The van der Waals surface area contributed by atoms with Gasteiger partial charge in [0.1, 0.15) is 5.75 Å². The molecule has 1 amide bonds. The second-order valence-electron chi connectivity index (χ2n) is 9.49. The van der Waals surface area contributed by atoms with Gasteiger partial charge in [-0.1, -0.05) is 6.07 Å². The number of benzene rings is 2. The number of aryl methyl sites for hydroxylation is 1. The summed E-state index contributed by atoms with van der Waals surface area (Å²) < 4.78 is 5.61. The van der Waals surface area contributed by atoms with Crippen molar-refractivity contribution in [1.82, 2.24) is 9.88 Å². The van der Waals surface area contributed by atoms with E-state index in [0.29, 0.717) is 11.1 Å². The van der Waals surface area contributed by atoms with E-state index in [-0.39, 0.29) is 17.2 Å². The number of carbonyl (C=O) groups excluding carboxylic acids is 2. The molecule has 1 aromatic heterocycles. The van der Waals surface area contributed by atoms with Crippen molar-refractivity contribution in [2.75, 3.05) is 20.7 Å². The van der Waals surface area contributed by atoms with E-state index in [4.69, 9.17) is 15.5 Å². The summed E-state index contributed by atoms with van der Waals surface area (Å²) in [5, 5.41) is 1.06. The molecule has 2 heterocycles. The zero-order valence-corrected chi connectivity index (χ0v) is 19.6. The van der Waals surface area contributed by atoms with Gasteiger partial charge in [0.15, 0.2) is 5.78 Å². The highest BCUT2D eigenvalue weighted by molar-refractivity contribution is 6.04. The lowest BCUT2D eigenvalue weighted by atomic mass is 9.80. The van der Waals surface area contributed by atoms with Gasteiger partial charge in [-0.2, -0.15) is 0 Å². The van der Waals surface area contributed by atoms with Gasteiger partial charge in [0.2, 0.25) is 5.91 Å². The molecule has 2 aliphatic rings. The summed E-state index contributed by atoms with van der Waals surface area (Å²) in [6.45, 7) is 4.81. The summed E-state index contributed by atoms with van der Waals surface area (Å²) in [5.74, 6) is 0.294. The first-order valence-electron chi connectivity index (χ1n) is 11.4. The first-order chi connectivity index (χ1) is 15.7. The van der Waals surface area contributed by atoms with Crippen LogP contribution in [0.5, 0.6) is 5.75 Å². The molecule has 1 saturated carbocycles. The molecule has 5 rings (SSSR count). The Morgan fingerprint density at radius 3 is 2.45 bits per heavy atom. The third kappa shape index (κ3) is 3.40. The van der Waals surface area contributed by atoms with Gasteiger partial charge in [0.05, 0.1) is 18.7 Å². The summed E-state index contributed by atoms with van der Waals surface area (Å²) >= 11 is 0. The fourth-order valence-corrected chi connectivity index (χ4v) is 5.28. The first kappa shape index (κ1) is 21.6. The van der Waals surface area contributed by atoms with Crippen molar-refractivity contribution < 1.29 is 14.3 Å². The Bertz CT molecular complexity index is 1310. The van der Waals surface area contributed by atoms with Crippen LogP contribution < -0.4 is 10.5 Å². The molecule has 2 aromatic carbocycles. The quantitative estimate of drug-likeness (QED) is 0.584. The molecule has 1 unspecified atom stereocenters. The highest BCUT2D eigenvalue weighted by Crippen LogP contribution is 2.57. The van der Waals surface area contributed by atoms with Gasteiger partial charge in [0.25, 0.3) is 0 Å². The molecule has 0 radical (unpaired) electrons. The summed E-state index contributed by atoms with van der Waals surface area (Å²) in [4.78, 5) is 32.4. The van der Waals surface area contributed by atoms with E-state index in [0.717, 1.165) is 64.8 Å². The number of hydrogen-bond donors (Lipinski definition) is 1. The maximum Gasteiger partial charge on any atom is 0.248 e. The standard InChI is InChI=1S/C27H29N3O3/c1-15-5-6-19-22(13-18(33-4)14-23(19)29-15)27(8-9-27)21-12-17(11-20(16(21)2)26(28)32)25(31)24-7-10-30(24)3/h5-6,11-14,24H,7-10H2,1-4H3,(H2,28,32). The number of nitrogens with two attached hydrogens (primary N) is 1. The number of fused-ring (bicyclic) bond motifs is 1. The van der Waals surface area contributed by atoms with Crippen molar-refractivity contribution in [2.45, 2.75) is 44.6 Å². The predicted molar refractivity (Wildman–Crippen MR) is 128 cm³/mol. The number of ketones is 1. The lowest BCUT2D eigenvalue weighted by Crippen LogP contribution is -2.49. The van der Waals surface area contributed by atoms with Gasteiger partial charge in [0, 0.05) is 40.2 Å². The number of likely N-dealkylation sites (tertiary alicyclic amines) is 1. The smallest absolute Gasteiger partial charge is 0.248 e. The molecule has 6 heteroatoms. The van der Waals surface area contributed by atoms with Gasteiger partial charge in [-0.15, -0.1) is 0 Å². The van der Waals surface area contributed by atoms with Gasteiger partial charge in [-0.05, 0) is 81.1 Å². The highest BCUT2D eigenvalue weighted by Gasteiger charge is 2.49. The van der Waals surface area contributed by atoms with Crippen LogP contribution in [0, 0.1) is 13.8 Å². The molecule has 0 spiro atoms. The summed E-state index contributed by atoms with van der Waals surface area (Å²) in [7, 11) is 3.61. The molecule has 1 atom stereocenters. The van der Waals surface area contributed by atoms with Crippen molar-refractivity contribution in [1.29, 1.82) is 0 Å². The Hall–Kier alpha value is -3.25. The molecule has 1 aliphatic carbocycles. The van der Waals surface area contributed by atoms with Crippen LogP contribution in [0.15, 0.2) is 36.4 Å². The summed E-state index contributed by atoms with van der Waals surface area (Å²) in [5.41, 5.74) is 11.2. The molecular weight excluding hydrogens is 414 g/mol. The van der Waals surface area contributed by atoms with Crippen LogP contribution in [0.2, 0.25) is 0 Å². The topological polar surface area (TPSA) is 85.5 Å². The first-order valence-corrected chi connectivity index (χ1v) is 11.4. The van der Waals surface area contributed by atoms with Crippen LogP contribution in [-0.4, -0.2) is 48.3 Å². The number of amides is 1. The molecule has 33 heavy (non-hydrogen) atoms. The van der Waals surface area contributed by atoms with Crippen molar-refractivity contribution in [3.63, 3.8) is 0 Å². The van der Waals surface area contributed by atoms with Crippen LogP contribution in [0.1, 0.15) is 62.4 Å². The Labute approximate surface area is 193 Å². The minimum absolute atomic E-state index is 0.0519. The van der Waals surface area contributed by atoms with Crippen molar-refractivity contribution >= 4 is 22.6 Å². The molecular formula is C27H29N3O3. The maximum atomic E-state index is 13.3. The van der Waals surface area contributed by atoms with Crippen LogP contribution in [0.3, 0.4) is 0 Å². The van der Waals surface area contributed by atoms with Crippen LogP contribution in [0.25, 0.3) is 10.9 Å². The van der Waals surface area contributed by atoms with Crippen LogP contribution in [0.4, 0.5) is 0 Å². The number of hydrogen-bond acceptors (Lipinski definition) is 5. The minimum atomic E-state index is -0.506. The lowest BCUT2D eigenvalue weighted by molar-refractivity contribution is 0.0674. The number of rotatable bonds is 6. The molecule has 2 N–H and O–H groups in total. The van der Waals surface area contributed by atoms with Crippen molar-refractivity contribution in [2.24, 2.45) is 5.73 Å².